The van der Waals surface area contributed by atoms with Crippen molar-refractivity contribution in [2.24, 2.45) is 5.92 Å². The number of aliphatic hydroxyl groups excluding tert-OH is 1. The maximum absolute atomic E-state index is 12.1. The molecule has 116 valence electrons. The number of hydrogen-bond acceptors (Lipinski definition) is 3. The Hall–Kier alpha value is -0.520. The third kappa shape index (κ3) is 4.73. The van der Waals surface area contributed by atoms with Gasteiger partial charge in [-0.2, -0.15) is 0 Å². The van der Waals surface area contributed by atoms with Crippen LogP contribution in [0.25, 0.3) is 0 Å². The first-order chi connectivity index (χ1) is 9.99. The lowest BCUT2D eigenvalue weighted by molar-refractivity contribution is -0.117. The predicted molar refractivity (Wildman–Crippen MR) is 86.4 cm³/mol. The molecule has 0 spiro atoms. The molecule has 2 rings (SSSR count). The van der Waals surface area contributed by atoms with Gasteiger partial charge in [-0.05, 0) is 37.4 Å². The van der Waals surface area contributed by atoms with E-state index in [1.165, 1.54) is 12.1 Å². The van der Waals surface area contributed by atoms with Gasteiger partial charge in [-0.1, -0.05) is 34.8 Å². The third-order valence-electron chi connectivity index (χ3n) is 3.55. The maximum atomic E-state index is 12.1. The molecule has 4 nitrogen and oxygen atoms in total. The van der Waals surface area contributed by atoms with Crippen LogP contribution in [0.2, 0.25) is 15.1 Å². The average molecular weight is 352 g/mol. The lowest BCUT2D eigenvalue weighted by Gasteiger charge is -2.16. The van der Waals surface area contributed by atoms with Gasteiger partial charge in [0.1, 0.15) is 0 Å². The fraction of sp³-hybridized carbons (Fsp3) is 0.500. The summed E-state index contributed by atoms with van der Waals surface area (Å²) in [6.07, 6.45) is 1.79. The molecule has 1 atom stereocenters. The van der Waals surface area contributed by atoms with Crippen LogP contribution in [-0.4, -0.2) is 42.2 Å². The second kappa shape index (κ2) is 7.65. The first-order valence-corrected chi connectivity index (χ1v) is 7.90. The predicted octanol–water partition coefficient (Wildman–Crippen LogP) is 3.29. The quantitative estimate of drug-likeness (QED) is 0.856. The second-order valence-corrected chi connectivity index (χ2v) is 6.45. The Labute approximate surface area is 139 Å². The number of amides is 1. The molecule has 1 fully saturated rings. The van der Waals surface area contributed by atoms with Gasteiger partial charge >= 0.3 is 0 Å². The van der Waals surface area contributed by atoms with E-state index in [1.807, 2.05) is 0 Å². The Kier molecular flexibility index (Phi) is 6.14. The van der Waals surface area contributed by atoms with Gasteiger partial charge in [0.2, 0.25) is 5.91 Å². The molecule has 1 amide bonds. The molecule has 0 aliphatic carbocycles. The average Bonchev–Trinajstić information content (AvgIpc) is 2.81. The molecule has 1 aromatic carbocycles. The van der Waals surface area contributed by atoms with Crippen LogP contribution in [0.3, 0.4) is 0 Å². The number of likely N-dealkylation sites (tertiary alicyclic amines) is 1. The fourth-order valence-electron chi connectivity index (χ4n) is 2.52. The number of carbonyl (C=O) groups excluding carboxylic acids is 1. The van der Waals surface area contributed by atoms with Crippen molar-refractivity contribution >= 4 is 46.4 Å². The largest absolute Gasteiger partial charge is 0.396 e. The lowest BCUT2D eigenvalue weighted by atomic mass is 10.1. The van der Waals surface area contributed by atoms with E-state index >= 15 is 0 Å². The first kappa shape index (κ1) is 16.8. The van der Waals surface area contributed by atoms with Crippen molar-refractivity contribution in [3.8, 4) is 0 Å². The van der Waals surface area contributed by atoms with E-state index in [0.717, 1.165) is 25.9 Å². The summed E-state index contributed by atoms with van der Waals surface area (Å²) in [6, 6.07) is 3.08. The van der Waals surface area contributed by atoms with Crippen LogP contribution in [-0.2, 0) is 4.79 Å². The van der Waals surface area contributed by atoms with Crippen LogP contribution in [0.1, 0.15) is 12.8 Å². The standard InChI is InChI=1S/C14H17Cl3N2O2/c15-10-5-11(16)14(12(17)6-10)18-13(21)8-19-3-1-9(7-19)2-4-20/h5-6,9,20H,1-4,7-8H2,(H,18,21). The summed E-state index contributed by atoms with van der Waals surface area (Å²) < 4.78 is 0. The van der Waals surface area contributed by atoms with Gasteiger partial charge in [0.05, 0.1) is 22.3 Å². The van der Waals surface area contributed by atoms with Gasteiger partial charge in [0.15, 0.2) is 0 Å². The molecule has 1 aliphatic heterocycles. The number of anilines is 1. The Morgan fingerprint density at radius 2 is 2.00 bits per heavy atom. The summed E-state index contributed by atoms with van der Waals surface area (Å²) in [5.74, 6) is 0.302. The van der Waals surface area contributed by atoms with Crippen molar-refractivity contribution in [1.29, 1.82) is 0 Å². The Morgan fingerprint density at radius 1 is 1.33 bits per heavy atom. The topological polar surface area (TPSA) is 52.6 Å². The van der Waals surface area contributed by atoms with Crippen molar-refractivity contribution in [1.82, 2.24) is 4.90 Å². The zero-order valence-corrected chi connectivity index (χ0v) is 13.7. The molecule has 0 radical (unpaired) electrons. The van der Waals surface area contributed by atoms with Crippen LogP contribution in [0.5, 0.6) is 0 Å². The second-order valence-electron chi connectivity index (χ2n) is 5.19. The first-order valence-electron chi connectivity index (χ1n) is 6.77. The minimum atomic E-state index is -0.161. The van der Waals surface area contributed by atoms with Gasteiger partial charge in [-0.3, -0.25) is 9.69 Å². The molecule has 1 unspecified atom stereocenters. The van der Waals surface area contributed by atoms with Gasteiger partial charge in [-0.25, -0.2) is 0 Å². The van der Waals surface area contributed by atoms with Crippen LogP contribution in [0, 0.1) is 5.92 Å². The highest BCUT2D eigenvalue weighted by Crippen LogP contribution is 2.33. The van der Waals surface area contributed by atoms with Gasteiger partial charge in [0, 0.05) is 18.2 Å². The Balaban J connectivity index is 1.91. The van der Waals surface area contributed by atoms with Crippen molar-refractivity contribution in [2.45, 2.75) is 12.8 Å². The minimum absolute atomic E-state index is 0.161. The van der Waals surface area contributed by atoms with Crippen LogP contribution >= 0.6 is 34.8 Å². The highest BCUT2D eigenvalue weighted by molar-refractivity contribution is 6.42. The van der Waals surface area contributed by atoms with Crippen molar-refractivity contribution < 1.29 is 9.90 Å². The highest BCUT2D eigenvalue weighted by Gasteiger charge is 2.24. The van der Waals surface area contributed by atoms with E-state index in [1.54, 1.807) is 0 Å². The van der Waals surface area contributed by atoms with Gasteiger partial charge in [0.25, 0.3) is 0 Å². The number of rotatable bonds is 5. The Morgan fingerprint density at radius 3 is 2.62 bits per heavy atom. The summed E-state index contributed by atoms with van der Waals surface area (Å²) >= 11 is 17.9. The third-order valence-corrected chi connectivity index (χ3v) is 4.36. The molecule has 1 saturated heterocycles. The molecule has 7 heteroatoms. The molecule has 1 aromatic rings. The fourth-order valence-corrected chi connectivity index (χ4v) is 3.43. The van der Waals surface area contributed by atoms with Crippen molar-refractivity contribution in [2.75, 3.05) is 31.6 Å². The zero-order chi connectivity index (χ0) is 15.4. The van der Waals surface area contributed by atoms with Gasteiger partial charge in [-0.15, -0.1) is 0 Å². The minimum Gasteiger partial charge on any atom is -0.396 e. The monoisotopic (exact) mass is 350 g/mol. The summed E-state index contributed by atoms with van der Waals surface area (Å²) in [5, 5.41) is 12.7. The number of carbonyl (C=O) groups is 1. The number of halogens is 3. The summed E-state index contributed by atoms with van der Waals surface area (Å²) in [6.45, 7) is 2.17. The van der Waals surface area contributed by atoms with Crippen molar-refractivity contribution in [3.63, 3.8) is 0 Å². The van der Waals surface area contributed by atoms with E-state index in [0.29, 0.717) is 26.7 Å². The van der Waals surface area contributed by atoms with E-state index in [4.69, 9.17) is 39.9 Å². The molecule has 1 aliphatic rings. The summed E-state index contributed by atoms with van der Waals surface area (Å²) in [7, 11) is 0. The zero-order valence-electron chi connectivity index (χ0n) is 11.4. The molecular weight excluding hydrogens is 335 g/mol. The Bertz CT molecular complexity index is 502. The molecule has 1 heterocycles. The number of benzene rings is 1. The highest BCUT2D eigenvalue weighted by atomic mass is 35.5. The molecule has 21 heavy (non-hydrogen) atoms. The van der Waals surface area contributed by atoms with E-state index in [2.05, 4.69) is 10.2 Å². The number of nitrogens with zero attached hydrogens (tertiary/aromatic N) is 1. The molecule has 2 N–H and O–H groups in total. The summed E-state index contributed by atoms with van der Waals surface area (Å²) in [5.41, 5.74) is 0.388. The van der Waals surface area contributed by atoms with Crippen molar-refractivity contribution in [3.05, 3.63) is 27.2 Å². The molecule has 0 aromatic heterocycles. The van der Waals surface area contributed by atoms with Gasteiger partial charge < -0.3 is 10.4 Å². The van der Waals surface area contributed by atoms with E-state index < -0.39 is 0 Å². The smallest absolute Gasteiger partial charge is 0.238 e. The van der Waals surface area contributed by atoms with E-state index in [9.17, 15) is 4.79 Å². The maximum Gasteiger partial charge on any atom is 0.238 e. The van der Waals surface area contributed by atoms with E-state index in [-0.39, 0.29) is 19.1 Å². The van der Waals surface area contributed by atoms with Crippen LogP contribution in [0.4, 0.5) is 5.69 Å². The SMILES string of the molecule is O=C(CN1CCC(CCO)C1)Nc1c(Cl)cc(Cl)cc1Cl. The van der Waals surface area contributed by atoms with Crippen LogP contribution < -0.4 is 5.32 Å². The molecule has 0 bridgehead atoms. The molecule has 0 saturated carbocycles. The number of aliphatic hydroxyl groups is 1. The van der Waals surface area contributed by atoms with Crippen LogP contribution in [0.15, 0.2) is 12.1 Å². The lowest BCUT2D eigenvalue weighted by Crippen LogP contribution is -2.31. The number of hydrogen-bond donors (Lipinski definition) is 2. The molecular formula is C14H17Cl3N2O2. The summed E-state index contributed by atoms with van der Waals surface area (Å²) in [4.78, 5) is 14.1. The number of nitrogens with one attached hydrogen (secondary N) is 1. The normalized spacial score (nSPS) is 19.0.